The predicted molar refractivity (Wildman–Crippen MR) is 72.5 cm³/mol. The van der Waals surface area contributed by atoms with Crippen molar-refractivity contribution in [3.05, 3.63) is 24.5 Å². The third-order valence-electron chi connectivity index (χ3n) is 2.32. The fourth-order valence-electron chi connectivity index (χ4n) is 1.33. The smallest absolute Gasteiger partial charge is 0.115 e. The number of nitriles is 1. The second-order valence-corrected chi connectivity index (χ2v) is 6.35. The third-order valence-corrected chi connectivity index (χ3v) is 5.24. The number of thiol groups is 1. The van der Waals surface area contributed by atoms with E-state index in [1.165, 1.54) is 0 Å². The zero-order valence-electron chi connectivity index (χ0n) is 9.13. The van der Waals surface area contributed by atoms with Gasteiger partial charge in [0, 0.05) is 18.1 Å². The molecule has 5 heteroatoms. The van der Waals surface area contributed by atoms with Gasteiger partial charge in [0.25, 0.3) is 0 Å². The van der Waals surface area contributed by atoms with Crippen molar-refractivity contribution < 1.29 is 0 Å². The molecule has 86 valence electrons. The Morgan fingerprint density at radius 2 is 2.25 bits per heavy atom. The van der Waals surface area contributed by atoms with E-state index < -0.39 is 10.9 Å². The number of nitrogens with zero attached hydrogens (tertiary/aromatic N) is 2. The zero-order chi connectivity index (χ0) is 12.0. The lowest BCUT2D eigenvalue weighted by molar-refractivity contribution is 0.723. The molecule has 2 N–H and O–H groups in total. The number of aromatic nitrogens is 1. The van der Waals surface area contributed by atoms with Crippen molar-refractivity contribution in [2.75, 3.05) is 5.75 Å². The summed E-state index contributed by atoms with van der Waals surface area (Å²) >= 11 is 5.09. The molecule has 1 aromatic rings. The van der Waals surface area contributed by atoms with Crippen molar-refractivity contribution in [2.45, 2.75) is 18.2 Å². The van der Waals surface area contributed by atoms with Crippen LogP contribution in [0, 0.1) is 17.2 Å². The Balaban J connectivity index is 2.85. The number of thiocarbonyl (C=S) groups is 1. The standard InChI is InChI=1S/C11H15N3S2/c1-2-9(7-12)8-16(11(13)15)10-3-5-14-6-4-10/h3-6,9,16H,2,8H2,1H3,(H2,13,15). The van der Waals surface area contributed by atoms with Crippen LogP contribution in [0.1, 0.15) is 13.3 Å². The molecule has 2 unspecified atom stereocenters. The normalized spacial score (nSPS) is 14.9. The summed E-state index contributed by atoms with van der Waals surface area (Å²) in [5, 5.41) is 8.97. The van der Waals surface area contributed by atoms with Gasteiger partial charge in [0.05, 0.1) is 12.0 Å². The van der Waals surface area contributed by atoms with E-state index in [9.17, 15) is 0 Å². The van der Waals surface area contributed by atoms with Crippen LogP contribution < -0.4 is 5.73 Å². The van der Waals surface area contributed by atoms with Gasteiger partial charge in [0.15, 0.2) is 0 Å². The molecule has 1 heterocycles. The molecule has 0 radical (unpaired) electrons. The minimum absolute atomic E-state index is 0.0285. The van der Waals surface area contributed by atoms with E-state index in [-0.39, 0.29) is 5.92 Å². The Bertz CT molecular complexity index is 386. The summed E-state index contributed by atoms with van der Waals surface area (Å²) in [7, 11) is -0.719. The average Bonchev–Trinajstić information content (AvgIpc) is 2.31. The maximum Gasteiger partial charge on any atom is 0.115 e. The maximum absolute atomic E-state index is 8.97. The largest absolute Gasteiger partial charge is 0.386 e. The van der Waals surface area contributed by atoms with Gasteiger partial charge < -0.3 is 5.73 Å². The first-order valence-corrected chi connectivity index (χ1v) is 6.99. The van der Waals surface area contributed by atoms with Gasteiger partial charge in [-0.15, -0.1) is 0 Å². The third kappa shape index (κ3) is 3.47. The summed E-state index contributed by atoms with van der Waals surface area (Å²) in [4.78, 5) is 5.07. The molecular formula is C11H15N3S2. The van der Waals surface area contributed by atoms with Crippen LogP contribution in [0.3, 0.4) is 0 Å². The number of hydrogen-bond acceptors (Lipinski definition) is 3. The lowest BCUT2D eigenvalue weighted by Crippen LogP contribution is -2.15. The topological polar surface area (TPSA) is 62.7 Å². The zero-order valence-corrected chi connectivity index (χ0v) is 10.8. The predicted octanol–water partition coefficient (Wildman–Crippen LogP) is 2.24. The molecule has 0 amide bonds. The minimum atomic E-state index is -0.719. The highest BCUT2D eigenvalue weighted by Gasteiger charge is 2.15. The molecule has 0 aliphatic heterocycles. The molecule has 3 nitrogen and oxygen atoms in total. The molecule has 2 atom stereocenters. The first kappa shape index (κ1) is 12.9. The molecule has 0 saturated carbocycles. The van der Waals surface area contributed by atoms with Crippen molar-refractivity contribution >= 4 is 27.4 Å². The second kappa shape index (κ2) is 6.46. The van der Waals surface area contributed by atoms with E-state index in [1.807, 2.05) is 19.1 Å². The van der Waals surface area contributed by atoms with Crippen LogP contribution in [0.5, 0.6) is 0 Å². The Kier molecular flexibility index (Phi) is 5.23. The highest BCUT2D eigenvalue weighted by atomic mass is 32.2. The Labute approximate surface area is 104 Å². The molecule has 0 saturated heterocycles. The van der Waals surface area contributed by atoms with Crippen LogP contribution in [0.4, 0.5) is 0 Å². The summed E-state index contributed by atoms with van der Waals surface area (Å²) in [5.74, 6) is 0.780. The Hall–Kier alpha value is -1.12. The van der Waals surface area contributed by atoms with Crippen LogP contribution in [-0.2, 0) is 0 Å². The van der Waals surface area contributed by atoms with Crippen LogP contribution in [-0.4, -0.2) is 15.1 Å². The van der Waals surface area contributed by atoms with Gasteiger partial charge in [-0.3, -0.25) is 4.98 Å². The van der Waals surface area contributed by atoms with Gasteiger partial charge in [-0.2, -0.15) is 16.2 Å². The first-order valence-electron chi connectivity index (χ1n) is 5.05. The second-order valence-electron chi connectivity index (χ2n) is 3.39. The maximum atomic E-state index is 8.97. The van der Waals surface area contributed by atoms with Gasteiger partial charge in [0.1, 0.15) is 4.32 Å². The number of rotatable bonds is 4. The van der Waals surface area contributed by atoms with E-state index in [0.717, 1.165) is 17.1 Å². The highest BCUT2D eigenvalue weighted by molar-refractivity contribution is 8.36. The van der Waals surface area contributed by atoms with Crippen LogP contribution in [0.25, 0.3) is 0 Å². The minimum Gasteiger partial charge on any atom is -0.386 e. The summed E-state index contributed by atoms with van der Waals surface area (Å²) < 4.78 is 0.509. The average molecular weight is 253 g/mol. The van der Waals surface area contributed by atoms with E-state index in [0.29, 0.717) is 4.32 Å². The van der Waals surface area contributed by atoms with Gasteiger partial charge >= 0.3 is 0 Å². The summed E-state index contributed by atoms with van der Waals surface area (Å²) in [6.07, 6.45) is 4.30. The van der Waals surface area contributed by atoms with Crippen LogP contribution in [0.15, 0.2) is 29.4 Å². The molecule has 1 aromatic heterocycles. The lowest BCUT2D eigenvalue weighted by atomic mass is 10.1. The van der Waals surface area contributed by atoms with Crippen molar-refractivity contribution in [3.8, 4) is 6.07 Å². The molecule has 0 aromatic carbocycles. The molecule has 0 aliphatic carbocycles. The molecular weight excluding hydrogens is 238 g/mol. The van der Waals surface area contributed by atoms with Crippen LogP contribution in [0.2, 0.25) is 0 Å². The van der Waals surface area contributed by atoms with E-state index in [4.69, 9.17) is 23.2 Å². The first-order chi connectivity index (χ1) is 7.69. The fraction of sp³-hybridized carbons (Fsp3) is 0.364. The van der Waals surface area contributed by atoms with Gasteiger partial charge in [-0.1, -0.05) is 19.1 Å². The number of nitrogens with two attached hydrogens (primary N) is 1. The van der Waals surface area contributed by atoms with E-state index >= 15 is 0 Å². The highest BCUT2D eigenvalue weighted by Crippen LogP contribution is 2.38. The van der Waals surface area contributed by atoms with Gasteiger partial charge in [0.2, 0.25) is 0 Å². The Morgan fingerprint density at radius 3 is 2.69 bits per heavy atom. The number of pyridine rings is 1. The molecule has 0 bridgehead atoms. The quantitative estimate of drug-likeness (QED) is 0.638. The van der Waals surface area contributed by atoms with E-state index in [1.54, 1.807) is 12.4 Å². The van der Waals surface area contributed by atoms with Crippen molar-refractivity contribution in [1.29, 1.82) is 5.26 Å². The summed E-state index contributed by atoms with van der Waals surface area (Å²) in [6.45, 7) is 2.01. The van der Waals surface area contributed by atoms with Gasteiger partial charge in [-0.25, -0.2) is 0 Å². The van der Waals surface area contributed by atoms with Gasteiger partial charge in [-0.05, 0) is 23.4 Å². The Morgan fingerprint density at radius 1 is 1.62 bits per heavy atom. The van der Waals surface area contributed by atoms with Crippen molar-refractivity contribution in [2.24, 2.45) is 11.7 Å². The van der Waals surface area contributed by atoms with Crippen molar-refractivity contribution in [3.63, 3.8) is 0 Å². The molecule has 0 fully saturated rings. The molecule has 1 rings (SSSR count). The van der Waals surface area contributed by atoms with E-state index in [2.05, 4.69) is 11.1 Å². The SMILES string of the molecule is CCC(C#N)C[SH](C(N)=S)c1ccncc1. The monoisotopic (exact) mass is 253 g/mol. The van der Waals surface area contributed by atoms with Crippen molar-refractivity contribution in [1.82, 2.24) is 4.98 Å². The molecule has 0 aliphatic rings. The summed E-state index contributed by atoms with van der Waals surface area (Å²) in [5.41, 5.74) is 5.76. The molecule has 16 heavy (non-hydrogen) atoms. The lowest BCUT2D eigenvalue weighted by Gasteiger charge is -2.22. The van der Waals surface area contributed by atoms with Crippen LogP contribution >= 0.6 is 23.1 Å². The fourth-order valence-corrected chi connectivity index (χ4v) is 3.79. The number of hydrogen-bond donors (Lipinski definition) is 2. The summed E-state index contributed by atoms with van der Waals surface area (Å²) in [6, 6.07) is 6.14. The molecule has 0 spiro atoms.